The third kappa shape index (κ3) is 2.26. The van der Waals surface area contributed by atoms with Crippen molar-refractivity contribution in [3.8, 4) is 5.75 Å². The Bertz CT molecular complexity index is 357. The van der Waals surface area contributed by atoms with Gasteiger partial charge in [-0.1, -0.05) is 0 Å². The molecule has 2 nitrogen and oxygen atoms in total. The molecule has 1 aromatic carbocycles. The Hall–Kier alpha value is -1.16. The van der Waals surface area contributed by atoms with Crippen molar-refractivity contribution in [1.82, 2.24) is 0 Å². The van der Waals surface area contributed by atoms with Crippen molar-refractivity contribution in [2.75, 3.05) is 0 Å². The minimum atomic E-state index is -2.90. The summed E-state index contributed by atoms with van der Waals surface area (Å²) in [5, 5.41) is 9.00. The molecule has 0 aliphatic heterocycles. The van der Waals surface area contributed by atoms with Crippen molar-refractivity contribution >= 4 is 0 Å². The highest BCUT2D eigenvalue weighted by Gasteiger charge is 2.47. The van der Waals surface area contributed by atoms with Crippen molar-refractivity contribution in [1.29, 1.82) is 0 Å². The zero-order chi connectivity index (χ0) is 11.1. The van der Waals surface area contributed by atoms with Gasteiger partial charge in [0.2, 0.25) is 0 Å². The minimum absolute atomic E-state index is 0.0107. The number of phenols is 1. The molecule has 82 valence electrons. The van der Waals surface area contributed by atoms with Crippen LogP contribution in [-0.4, -0.2) is 10.6 Å². The van der Waals surface area contributed by atoms with E-state index in [1.165, 1.54) is 24.3 Å². The molecule has 15 heavy (non-hydrogen) atoms. The molecule has 1 fully saturated rings. The highest BCUT2D eigenvalue weighted by molar-refractivity contribution is 5.29. The number of aromatic hydroxyl groups is 1. The largest absolute Gasteiger partial charge is 0.508 e. The van der Waals surface area contributed by atoms with Gasteiger partial charge in [-0.25, -0.2) is 8.78 Å². The second-order valence-corrected chi connectivity index (χ2v) is 4.29. The predicted molar refractivity (Wildman–Crippen MR) is 52.8 cm³/mol. The van der Waals surface area contributed by atoms with Gasteiger partial charge in [-0.3, -0.25) is 0 Å². The fraction of sp³-hybridized carbons (Fsp3) is 0.455. The molecule has 1 aliphatic rings. The highest BCUT2D eigenvalue weighted by atomic mass is 19.3. The van der Waals surface area contributed by atoms with Gasteiger partial charge >= 0.3 is 0 Å². The van der Waals surface area contributed by atoms with E-state index in [1.807, 2.05) is 0 Å². The SMILES string of the molecule is NC1(CC(F)(F)c2ccc(O)cc2)CC1. The summed E-state index contributed by atoms with van der Waals surface area (Å²) in [6.45, 7) is 0. The van der Waals surface area contributed by atoms with Crippen LogP contribution in [0.3, 0.4) is 0 Å². The molecule has 4 heteroatoms. The maximum absolute atomic E-state index is 13.7. The van der Waals surface area contributed by atoms with Crippen LogP contribution in [0.1, 0.15) is 24.8 Å². The molecule has 0 radical (unpaired) electrons. The lowest BCUT2D eigenvalue weighted by atomic mass is 10.00. The number of hydrogen-bond acceptors (Lipinski definition) is 2. The smallest absolute Gasteiger partial charge is 0.275 e. The van der Waals surface area contributed by atoms with Crippen LogP contribution in [0.2, 0.25) is 0 Å². The Balaban J connectivity index is 2.17. The summed E-state index contributed by atoms with van der Waals surface area (Å²) < 4.78 is 27.3. The van der Waals surface area contributed by atoms with Crippen LogP contribution in [-0.2, 0) is 5.92 Å². The number of rotatable bonds is 3. The summed E-state index contributed by atoms with van der Waals surface area (Å²) in [5.74, 6) is -2.91. The van der Waals surface area contributed by atoms with Crippen LogP contribution in [0.25, 0.3) is 0 Å². The number of benzene rings is 1. The molecular weight excluding hydrogens is 200 g/mol. The van der Waals surface area contributed by atoms with Crippen LogP contribution < -0.4 is 5.73 Å². The molecule has 1 saturated carbocycles. The Morgan fingerprint density at radius 3 is 2.27 bits per heavy atom. The van der Waals surface area contributed by atoms with Crippen LogP contribution >= 0.6 is 0 Å². The van der Waals surface area contributed by atoms with E-state index in [0.29, 0.717) is 12.8 Å². The Kier molecular flexibility index (Phi) is 2.19. The molecule has 3 N–H and O–H groups in total. The number of alkyl halides is 2. The van der Waals surface area contributed by atoms with Crippen LogP contribution in [0.4, 0.5) is 8.78 Å². The van der Waals surface area contributed by atoms with Crippen LogP contribution in [0.15, 0.2) is 24.3 Å². The van der Waals surface area contributed by atoms with Gasteiger partial charge < -0.3 is 10.8 Å². The molecule has 0 bridgehead atoms. The molecule has 2 rings (SSSR count). The second kappa shape index (κ2) is 3.17. The topological polar surface area (TPSA) is 46.2 Å². The quantitative estimate of drug-likeness (QED) is 0.809. The fourth-order valence-electron chi connectivity index (χ4n) is 1.59. The first kappa shape index (κ1) is 10.4. The molecule has 1 aromatic rings. The van der Waals surface area contributed by atoms with Gasteiger partial charge in [0, 0.05) is 17.5 Å². The van der Waals surface area contributed by atoms with Crippen molar-refractivity contribution in [2.45, 2.75) is 30.7 Å². The van der Waals surface area contributed by atoms with Crippen molar-refractivity contribution in [3.63, 3.8) is 0 Å². The van der Waals surface area contributed by atoms with Crippen molar-refractivity contribution in [3.05, 3.63) is 29.8 Å². The molecule has 0 amide bonds. The average Bonchev–Trinajstić information content (AvgIpc) is 2.82. The normalized spacial score (nSPS) is 18.9. The van der Waals surface area contributed by atoms with Gasteiger partial charge in [0.15, 0.2) is 0 Å². The molecule has 0 heterocycles. The van der Waals surface area contributed by atoms with E-state index >= 15 is 0 Å². The molecule has 0 unspecified atom stereocenters. The molecule has 0 spiro atoms. The Morgan fingerprint density at radius 2 is 1.80 bits per heavy atom. The van der Waals surface area contributed by atoms with Gasteiger partial charge in [0.25, 0.3) is 5.92 Å². The number of phenolic OH excluding ortho intramolecular Hbond substituents is 1. The number of hydrogen-bond donors (Lipinski definition) is 2. The highest BCUT2D eigenvalue weighted by Crippen LogP contribution is 2.45. The minimum Gasteiger partial charge on any atom is -0.508 e. The maximum Gasteiger partial charge on any atom is 0.275 e. The molecule has 0 atom stereocenters. The zero-order valence-electron chi connectivity index (χ0n) is 8.21. The van der Waals surface area contributed by atoms with Crippen molar-refractivity contribution in [2.24, 2.45) is 5.73 Å². The molecule has 1 aliphatic carbocycles. The first-order valence-electron chi connectivity index (χ1n) is 4.88. The van der Waals surface area contributed by atoms with Gasteiger partial charge in [-0.2, -0.15) is 0 Å². The monoisotopic (exact) mass is 213 g/mol. The summed E-state index contributed by atoms with van der Waals surface area (Å²) in [4.78, 5) is 0. The molecular formula is C11H13F2NO. The first-order chi connectivity index (χ1) is 6.91. The molecule has 0 saturated heterocycles. The Morgan fingerprint density at radius 1 is 1.27 bits per heavy atom. The predicted octanol–water partition coefficient (Wildman–Crippen LogP) is 2.37. The van der Waals surface area contributed by atoms with E-state index in [0.717, 1.165) is 0 Å². The Labute approximate surface area is 86.7 Å². The van der Waals surface area contributed by atoms with Crippen LogP contribution in [0.5, 0.6) is 5.75 Å². The molecule has 0 aromatic heterocycles. The van der Waals surface area contributed by atoms with E-state index in [4.69, 9.17) is 10.8 Å². The summed E-state index contributed by atoms with van der Waals surface area (Å²) in [5.41, 5.74) is 4.91. The lowest BCUT2D eigenvalue weighted by Crippen LogP contribution is -2.30. The summed E-state index contributed by atoms with van der Waals surface area (Å²) in [6.07, 6.45) is 1.02. The van der Waals surface area contributed by atoms with Gasteiger partial charge in [0.05, 0.1) is 0 Å². The van der Waals surface area contributed by atoms with E-state index in [2.05, 4.69) is 0 Å². The third-order valence-corrected chi connectivity index (χ3v) is 2.76. The van der Waals surface area contributed by atoms with E-state index in [9.17, 15) is 8.78 Å². The maximum atomic E-state index is 13.7. The second-order valence-electron chi connectivity index (χ2n) is 4.29. The lowest BCUT2D eigenvalue weighted by Gasteiger charge is -2.20. The van der Waals surface area contributed by atoms with Gasteiger partial charge in [0.1, 0.15) is 5.75 Å². The fourth-order valence-corrected chi connectivity index (χ4v) is 1.59. The van der Waals surface area contributed by atoms with E-state index in [1.54, 1.807) is 0 Å². The van der Waals surface area contributed by atoms with Crippen molar-refractivity contribution < 1.29 is 13.9 Å². The zero-order valence-corrected chi connectivity index (χ0v) is 8.21. The number of halogens is 2. The average molecular weight is 213 g/mol. The third-order valence-electron chi connectivity index (χ3n) is 2.76. The van der Waals surface area contributed by atoms with Gasteiger partial charge in [-0.15, -0.1) is 0 Å². The lowest BCUT2D eigenvalue weighted by molar-refractivity contribution is -0.0223. The van der Waals surface area contributed by atoms with E-state index in [-0.39, 0.29) is 17.7 Å². The summed E-state index contributed by atoms with van der Waals surface area (Å²) in [6, 6.07) is 5.00. The standard InChI is InChI=1S/C11H13F2NO/c12-11(13,7-10(14)5-6-10)8-1-3-9(15)4-2-8/h1-4,15H,5-7,14H2. The summed E-state index contributed by atoms with van der Waals surface area (Å²) in [7, 11) is 0. The first-order valence-corrected chi connectivity index (χ1v) is 4.88. The van der Waals surface area contributed by atoms with Gasteiger partial charge in [-0.05, 0) is 37.1 Å². The number of nitrogens with two attached hydrogens (primary N) is 1. The van der Waals surface area contributed by atoms with Crippen LogP contribution in [0, 0.1) is 0 Å². The summed E-state index contributed by atoms with van der Waals surface area (Å²) >= 11 is 0. The van der Waals surface area contributed by atoms with E-state index < -0.39 is 11.5 Å².